The summed E-state index contributed by atoms with van der Waals surface area (Å²) in [5, 5.41) is 3.15. The van der Waals surface area contributed by atoms with Gasteiger partial charge in [-0.15, -0.1) is 0 Å². The van der Waals surface area contributed by atoms with Crippen molar-refractivity contribution < 1.29 is 4.79 Å². The van der Waals surface area contributed by atoms with Crippen molar-refractivity contribution in [2.75, 3.05) is 0 Å². The van der Waals surface area contributed by atoms with Crippen LogP contribution in [0.5, 0.6) is 0 Å². The molecule has 0 spiro atoms. The summed E-state index contributed by atoms with van der Waals surface area (Å²) in [5.74, 6) is 1.09. The predicted octanol–water partition coefficient (Wildman–Crippen LogP) is 1.03. The van der Waals surface area contributed by atoms with E-state index in [1.54, 1.807) is 0 Å². The van der Waals surface area contributed by atoms with Crippen LogP contribution in [0.15, 0.2) is 0 Å². The SMILES string of the molecule is CC(C)(NC(=O)C1CC(N)C1)C1CC1. The first-order chi connectivity index (χ1) is 6.49. The van der Waals surface area contributed by atoms with Gasteiger partial charge < -0.3 is 11.1 Å². The summed E-state index contributed by atoms with van der Waals surface area (Å²) >= 11 is 0. The maximum Gasteiger partial charge on any atom is 0.223 e. The van der Waals surface area contributed by atoms with Crippen LogP contribution in [0.3, 0.4) is 0 Å². The van der Waals surface area contributed by atoms with Crippen molar-refractivity contribution >= 4 is 5.91 Å². The molecule has 0 unspecified atom stereocenters. The molecule has 1 amide bonds. The van der Waals surface area contributed by atoms with E-state index in [0.717, 1.165) is 12.8 Å². The highest BCUT2D eigenvalue weighted by Gasteiger charge is 2.41. The van der Waals surface area contributed by atoms with Crippen LogP contribution in [-0.4, -0.2) is 17.5 Å². The molecule has 0 bridgehead atoms. The fourth-order valence-electron chi connectivity index (χ4n) is 2.20. The quantitative estimate of drug-likeness (QED) is 0.708. The molecule has 0 aromatic rings. The van der Waals surface area contributed by atoms with Crippen molar-refractivity contribution in [3.05, 3.63) is 0 Å². The molecule has 14 heavy (non-hydrogen) atoms. The van der Waals surface area contributed by atoms with Gasteiger partial charge in [-0.2, -0.15) is 0 Å². The van der Waals surface area contributed by atoms with Gasteiger partial charge in [0.2, 0.25) is 5.91 Å². The lowest BCUT2D eigenvalue weighted by Crippen LogP contribution is -2.52. The minimum Gasteiger partial charge on any atom is -0.351 e. The molecular weight excluding hydrogens is 176 g/mol. The molecule has 3 heteroatoms. The standard InChI is InChI=1S/C11H20N2O/c1-11(2,8-3-4-8)13-10(14)7-5-9(12)6-7/h7-9H,3-6,12H2,1-2H3,(H,13,14). The Morgan fingerprint density at radius 2 is 1.93 bits per heavy atom. The summed E-state index contributed by atoms with van der Waals surface area (Å²) in [6.07, 6.45) is 4.26. The maximum absolute atomic E-state index is 11.8. The summed E-state index contributed by atoms with van der Waals surface area (Å²) in [6, 6.07) is 0.259. The fourth-order valence-corrected chi connectivity index (χ4v) is 2.20. The number of nitrogens with two attached hydrogens (primary N) is 1. The largest absolute Gasteiger partial charge is 0.351 e. The third kappa shape index (κ3) is 1.92. The molecule has 0 saturated heterocycles. The molecule has 2 aliphatic rings. The second-order valence-electron chi connectivity index (χ2n) is 5.41. The second-order valence-corrected chi connectivity index (χ2v) is 5.41. The molecule has 3 N–H and O–H groups in total. The van der Waals surface area contributed by atoms with Gasteiger partial charge in [0.1, 0.15) is 0 Å². The van der Waals surface area contributed by atoms with Crippen LogP contribution < -0.4 is 11.1 Å². The van der Waals surface area contributed by atoms with E-state index >= 15 is 0 Å². The van der Waals surface area contributed by atoms with E-state index in [4.69, 9.17) is 5.73 Å². The van der Waals surface area contributed by atoms with Crippen molar-refractivity contribution in [1.82, 2.24) is 5.32 Å². The van der Waals surface area contributed by atoms with Crippen LogP contribution in [0.4, 0.5) is 0 Å². The number of nitrogens with one attached hydrogen (secondary N) is 1. The van der Waals surface area contributed by atoms with Crippen LogP contribution in [0.1, 0.15) is 39.5 Å². The van der Waals surface area contributed by atoms with E-state index in [-0.39, 0.29) is 23.4 Å². The molecule has 0 aromatic heterocycles. The lowest BCUT2D eigenvalue weighted by Gasteiger charge is -2.35. The molecule has 80 valence electrons. The molecule has 0 aliphatic heterocycles. The van der Waals surface area contributed by atoms with Gasteiger partial charge in [0.05, 0.1) is 0 Å². The van der Waals surface area contributed by atoms with Crippen molar-refractivity contribution in [3.63, 3.8) is 0 Å². The third-order valence-electron chi connectivity index (χ3n) is 3.59. The normalized spacial score (nSPS) is 32.2. The number of amides is 1. The lowest BCUT2D eigenvalue weighted by atomic mass is 9.79. The van der Waals surface area contributed by atoms with Crippen LogP contribution >= 0.6 is 0 Å². The van der Waals surface area contributed by atoms with Gasteiger partial charge in [0, 0.05) is 17.5 Å². The fraction of sp³-hybridized carbons (Fsp3) is 0.909. The zero-order valence-corrected chi connectivity index (χ0v) is 9.05. The van der Waals surface area contributed by atoms with Crippen LogP contribution in [-0.2, 0) is 4.79 Å². The van der Waals surface area contributed by atoms with Gasteiger partial charge in [0.25, 0.3) is 0 Å². The van der Waals surface area contributed by atoms with E-state index in [1.165, 1.54) is 12.8 Å². The first-order valence-electron chi connectivity index (χ1n) is 5.56. The smallest absolute Gasteiger partial charge is 0.223 e. The van der Waals surface area contributed by atoms with Gasteiger partial charge >= 0.3 is 0 Å². The second kappa shape index (κ2) is 3.23. The highest BCUT2D eigenvalue weighted by molar-refractivity contribution is 5.80. The molecule has 0 aromatic carbocycles. The number of hydrogen-bond acceptors (Lipinski definition) is 2. The summed E-state index contributed by atoms with van der Waals surface area (Å²) in [6.45, 7) is 4.25. The number of carbonyl (C=O) groups excluding carboxylic acids is 1. The molecule has 2 aliphatic carbocycles. The molecule has 2 fully saturated rings. The van der Waals surface area contributed by atoms with Crippen molar-refractivity contribution in [3.8, 4) is 0 Å². The zero-order chi connectivity index (χ0) is 10.3. The molecule has 0 heterocycles. The molecule has 3 nitrogen and oxygen atoms in total. The van der Waals surface area contributed by atoms with E-state index in [0.29, 0.717) is 5.92 Å². The Morgan fingerprint density at radius 1 is 1.36 bits per heavy atom. The summed E-state index contributed by atoms with van der Waals surface area (Å²) in [7, 11) is 0. The Balaban J connectivity index is 1.81. The van der Waals surface area contributed by atoms with E-state index in [9.17, 15) is 4.79 Å². The molecule has 2 saturated carbocycles. The Kier molecular flexibility index (Phi) is 2.30. The van der Waals surface area contributed by atoms with Gasteiger partial charge in [0.15, 0.2) is 0 Å². The third-order valence-corrected chi connectivity index (χ3v) is 3.59. The lowest BCUT2D eigenvalue weighted by molar-refractivity contribution is -0.129. The van der Waals surface area contributed by atoms with Crippen LogP contribution in [0.25, 0.3) is 0 Å². The topological polar surface area (TPSA) is 55.1 Å². The Bertz CT molecular complexity index is 240. The highest BCUT2D eigenvalue weighted by Crippen LogP contribution is 2.39. The van der Waals surface area contributed by atoms with Crippen molar-refractivity contribution in [2.24, 2.45) is 17.6 Å². The van der Waals surface area contributed by atoms with Crippen LogP contribution in [0, 0.1) is 11.8 Å². The number of rotatable bonds is 3. The average molecular weight is 196 g/mol. The maximum atomic E-state index is 11.8. The van der Waals surface area contributed by atoms with Crippen molar-refractivity contribution in [1.29, 1.82) is 0 Å². The van der Waals surface area contributed by atoms with E-state index in [2.05, 4.69) is 19.2 Å². The first-order valence-corrected chi connectivity index (χ1v) is 5.56. The highest BCUT2D eigenvalue weighted by atomic mass is 16.2. The number of carbonyl (C=O) groups is 1. The monoisotopic (exact) mass is 196 g/mol. The minimum absolute atomic E-state index is 0.00321. The van der Waals surface area contributed by atoms with E-state index in [1.807, 2.05) is 0 Å². The molecule has 0 atom stereocenters. The average Bonchev–Trinajstić information content (AvgIpc) is 2.78. The van der Waals surface area contributed by atoms with E-state index < -0.39 is 0 Å². The minimum atomic E-state index is -0.00321. The first kappa shape index (κ1) is 9.97. The molecule has 0 radical (unpaired) electrons. The Hall–Kier alpha value is -0.570. The molecular formula is C11H20N2O. The Labute approximate surface area is 85.4 Å². The van der Waals surface area contributed by atoms with Crippen LogP contribution in [0.2, 0.25) is 0 Å². The van der Waals surface area contributed by atoms with Gasteiger partial charge in [-0.3, -0.25) is 4.79 Å². The van der Waals surface area contributed by atoms with Crippen molar-refractivity contribution in [2.45, 2.75) is 51.1 Å². The summed E-state index contributed by atoms with van der Waals surface area (Å²) in [5.41, 5.74) is 5.66. The predicted molar refractivity (Wildman–Crippen MR) is 55.6 cm³/mol. The summed E-state index contributed by atoms with van der Waals surface area (Å²) in [4.78, 5) is 11.8. The van der Waals surface area contributed by atoms with Gasteiger partial charge in [-0.1, -0.05) is 0 Å². The zero-order valence-electron chi connectivity index (χ0n) is 9.05. The molecule has 2 rings (SSSR count). The summed E-state index contributed by atoms with van der Waals surface area (Å²) < 4.78 is 0. The van der Waals surface area contributed by atoms with Gasteiger partial charge in [-0.05, 0) is 45.4 Å². The Morgan fingerprint density at radius 3 is 2.36 bits per heavy atom. The number of hydrogen-bond donors (Lipinski definition) is 2. The van der Waals surface area contributed by atoms with Gasteiger partial charge in [-0.25, -0.2) is 0 Å².